The summed E-state index contributed by atoms with van der Waals surface area (Å²) in [5.74, 6) is 0. The molecule has 4 aliphatic rings. The topological polar surface area (TPSA) is 52.4 Å². The fourth-order valence-corrected chi connectivity index (χ4v) is 8.06. The minimum atomic E-state index is 0.826. The highest BCUT2D eigenvalue weighted by Crippen LogP contribution is 2.38. The van der Waals surface area contributed by atoms with E-state index in [9.17, 15) is 0 Å². The van der Waals surface area contributed by atoms with E-state index in [0.717, 1.165) is 48.6 Å². The first-order valence-electron chi connectivity index (χ1n) is 19.8. The number of aromatic nitrogens is 2. The Balaban J connectivity index is 0.000000817. The summed E-state index contributed by atoms with van der Waals surface area (Å²) in [4.78, 5) is 2.24. The molecule has 0 saturated carbocycles. The number of rotatable bonds is 5. The van der Waals surface area contributed by atoms with Crippen LogP contribution in [0.2, 0.25) is 0 Å². The average molecular weight is 726 g/mol. The molecule has 278 valence electrons. The van der Waals surface area contributed by atoms with E-state index in [2.05, 4.69) is 191 Å². The number of nitrogens with one attached hydrogen (secondary N) is 3. The van der Waals surface area contributed by atoms with Gasteiger partial charge in [-0.25, -0.2) is 0 Å². The van der Waals surface area contributed by atoms with E-state index in [4.69, 9.17) is 0 Å². The predicted molar refractivity (Wildman–Crippen MR) is 233 cm³/mol. The molecule has 0 atom stereocenters. The number of para-hydroxylation sites is 3. The first kappa shape index (κ1) is 35.7. The Hall–Kier alpha value is -6.34. The predicted octanol–water partition coefficient (Wildman–Crippen LogP) is 11.0. The molecule has 0 saturated heterocycles. The Bertz CT molecular complexity index is 2490. The molecular weight excluding hydrogens is 675 g/mol. The monoisotopic (exact) mass is 725 g/mol. The van der Waals surface area contributed by atoms with Crippen LogP contribution in [0.5, 0.6) is 0 Å². The van der Waals surface area contributed by atoms with Crippen molar-refractivity contribution in [3.05, 3.63) is 167 Å². The number of allylic oxidation sites excluding steroid dienone is 4. The van der Waals surface area contributed by atoms with Crippen LogP contribution in [-0.4, -0.2) is 21.1 Å². The van der Waals surface area contributed by atoms with Crippen LogP contribution < -0.4 is 21.3 Å². The van der Waals surface area contributed by atoms with Gasteiger partial charge in [0, 0.05) is 51.6 Å². The standard InChI is InChI=1S/C43H37N7.C3H8.C2H6/c1-47-26-24-37-35-12-6-8-14-39(35)49(41(37)28-47)32-21-17-30(18-22-32)43-42(45-50(46-43)33-9-3-2-4-10-33)29-15-19-31(20-16-29)48-38-13-7-5-11-34(38)36-23-25-44-27-40(36)48;1-3-2;1-2/h2-15,17-19,21-26,44-46H,16,20,27-28H2,1H3;3H2,1-2H3;1-2H3. The summed E-state index contributed by atoms with van der Waals surface area (Å²) >= 11 is 0. The number of hydrogen-bond acceptors (Lipinski definition) is 5. The first-order chi connectivity index (χ1) is 27.1. The Labute approximate surface area is 325 Å². The van der Waals surface area contributed by atoms with E-state index < -0.39 is 0 Å². The molecule has 7 nitrogen and oxygen atoms in total. The molecule has 55 heavy (non-hydrogen) atoms. The lowest BCUT2D eigenvalue weighted by molar-refractivity contribution is 0.438. The second-order valence-electron chi connectivity index (χ2n) is 14.1. The van der Waals surface area contributed by atoms with Crippen molar-refractivity contribution >= 4 is 51.0 Å². The molecule has 5 heterocycles. The van der Waals surface area contributed by atoms with Crippen LogP contribution in [0.15, 0.2) is 139 Å². The van der Waals surface area contributed by atoms with Gasteiger partial charge in [-0.3, -0.25) is 10.9 Å². The molecule has 0 fully saturated rings. The van der Waals surface area contributed by atoms with E-state index in [1.807, 2.05) is 19.0 Å². The molecule has 0 unspecified atom stereocenters. The minimum Gasteiger partial charge on any atom is -0.385 e. The average Bonchev–Trinajstić information content (AvgIpc) is 3.93. The van der Waals surface area contributed by atoms with Crippen LogP contribution >= 0.6 is 0 Å². The summed E-state index contributed by atoms with van der Waals surface area (Å²) in [5, 5.41) is 8.07. The maximum Gasteiger partial charge on any atom is 0.0886 e. The zero-order chi connectivity index (χ0) is 37.9. The second-order valence-corrected chi connectivity index (χ2v) is 14.1. The maximum absolute atomic E-state index is 3.73. The van der Waals surface area contributed by atoms with Gasteiger partial charge in [-0.2, -0.15) is 5.12 Å². The molecule has 2 aromatic heterocycles. The maximum atomic E-state index is 3.73. The first-order valence-corrected chi connectivity index (χ1v) is 19.8. The van der Waals surface area contributed by atoms with Crippen LogP contribution in [0.1, 0.15) is 75.0 Å². The van der Waals surface area contributed by atoms with Gasteiger partial charge < -0.3 is 19.4 Å². The van der Waals surface area contributed by atoms with Gasteiger partial charge in [-0.1, -0.05) is 107 Å². The molecule has 0 radical (unpaired) electrons. The van der Waals surface area contributed by atoms with Gasteiger partial charge in [0.05, 0.1) is 46.9 Å². The van der Waals surface area contributed by atoms with Crippen LogP contribution in [0, 0.1) is 0 Å². The van der Waals surface area contributed by atoms with Gasteiger partial charge >= 0.3 is 0 Å². The number of fused-ring (bicyclic) bond motifs is 6. The smallest absolute Gasteiger partial charge is 0.0886 e. The number of nitrogens with zero attached hydrogens (tertiary/aromatic N) is 4. The lowest BCUT2D eigenvalue weighted by Gasteiger charge is -2.23. The van der Waals surface area contributed by atoms with E-state index in [1.54, 1.807) is 0 Å². The van der Waals surface area contributed by atoms with E-state index in [0.29, 0.717) is 0 Å². The molecule has 0 amide bonds. The lowest BCUT2D eigenvalue weighted by Crippen LogP contribution is -2.40. The van der Waals surface area contributed by atoms with Crippen LogP contribution in [-0.2, 0) is 13.1 Å². The van der Waals surface area contributed by atoms with Crippen molar-refractivity contribution in [2.75, 3.05) is 12.2 Å². The molecular formula is C48H51N7. The molecule has 4 aromatic carbocycles. The lowest BCUT2D eigenvalue weighted by atomic mass is 9.97. The summed E-state index contributed by atoms with van der Waals surface area (Å²) < 4.78 is 4.89. The molecule has 1 aliphatic carbocycles. The van der Waals surface area contributed by atoms with Crippen molar-refractivity contribution in [2.45, 2.75) is 60.0 Å². The Morgan fingerprint density at radius 1 is 0.618 bits per heavy atom. The third-order valence-electron chi connectivity index (χ3n) is 10.4. The fourth-order valence-electron chi connectivity index (χ4n) is 8.06. The van der Waals surface area contributed by atoms with Gasteiger partial charge in [0.25, 0.3) is 0 Å². The normalized spacial score (nSPS) is 15.5. The van der Waals surface area contributed by atoms with Gasteiger partial charge in [0.15, 0.2) is 0 Å². The molecule has 0 spiro atoms. The Morgan fingerprint density at radius 2 is 1.25 bits per heavy atom. The van der Waals surface area contributed by atoms with Gasteiger partial charge in [-0.05, 0) is 85.4 Å². The number of benzene rings is 4. The summed E-state index contributed by atoms with van der Waals surface area (Å²) in [6, 6.07) is 36.9. The number of anilines is 1. The zero-order valence-electron chi connectivity index (χ0n) is 32.6. The van der Waals surface area contributed by atoms with E-state index in [1.165, 1.54) is 67.7 Å². The van der Waals surface area contributed by atoms with Crippen LogP contribution in [0.25, 0.3) is 51.0 Å². The highest BCUT2D eigenvalue weighted by atomic mass is 15.8. The van der Waals surface area contributed by atoms with Gasteiger partial charge in [0.2, 0.25) is 0 Å². The summed E-state index contributed by atoms with van der Waals surface area (Å²) in [5.41, 5.74) is 23.4. The summed E-state index contributed by atoms with van der Waals surface area (Å²) in [6.07, 6.45) is 16.4. The Morgan fingerprint density at radius 3 is 1.95 bits per heavy atom. The highest BCUT2D eigenvalue weighted by molar-refractivity contribution is 5.95. The van der Waals surface area contributed by atoms with Crippen LogP contribution in [0.3, 0.4) is 0 Å². The van der Waals surface area contributed by atoms with Gasteiger partial charge in [0.1, 0.15) is 0 Å². The van der Waals surface area contributed by atoms with E-state index >= 15 is 0 Å². The fraction of sp³-hybridized carbons (Fsp3) is 0.208. The molecule has 3 N–H and O–H groups in total. The van der Waals surface area contributed by atoms with Crippen molar-refractivity contribution in [2.24, 2.45) is 0 Å². The molecule has 7 heteroatoms. The largest absolute Gasteiger partial charge is 0.385 e. The SMILES string of the molecule is CC.CCC.CN1C=Cc2c(n(-c3ccc(C4=C(C5=CC=C(n6c7c(c8ccccc86)C=CNC7)CC5)NN(c5ccccc5)N4)cc3)c3ccccc23)C1. The highest BCUT2D eigenvalue weighted by Gasteiger charge is 2.28. The quantitative estimate of drug-likeness (QED) is 0.165. The number of hydrogen-bond donors (Lipinski definition) is 3. The van der Waals surface area contributed by atoms with Crippen molar-refractivity contribution in [3.8, 4) is 5.69 Å². The molecule has 10 rings (SSSR count). The summed E-state index contributed by atoms with van der Waals surface area (Å²) in [7, 11) is 2.14. The van der Waals surface area contributed by atoms with Crippen molar-refractivity contribution in [3.63, 3.8) is 0 Å². The molecule has 6 aromatic rings. The number of hydrazine groups is 2. The van der Waals surface area contributed by atoms with Crippen molar-refractivity contribution < 1.29 is 0 Å². The van der Waals surface area contributed by atoms with Crippen LogP contribution in [0.4, 0.5) is 5.69 Å². The van der Waals surface area contributed by atoms with Gasteiger partial charge in [-0.15, -0.1) is 0 Å². The second kappa shape index (κ2) is 15.6. The summed E-state index contributed by atoms with van der Waals surface area (Å²) in [6.45, 7) is 9.94. The molecule has 3 aliphatic heterocycles. The van der Waals surface area contributed by atoms with E-state index in [-0.39, 0.29) is 0 Å². The third-order valence-corrected chi connectivity index (χ3v) is 10.4. The minimum absolute atomic E-state index is 0.826. The van der Waals surface area contributed by atoms with Crippen molar-refractivity contribution in [1.29, 1.82) is 0 Å². The molecule has 0 bridgehead atoms. The zero-order valence-corrected chi connectivity index (χ0v) is 32.6. The third kappa shape index (κ3) is 6.50. The Kier molecular flexibility index (Phi) is 10.1. The van der Waals surface area contributed by atoms with Crippen molar-refractivity contribution in [1.82, 2.24) is 30.2 Å².